The summed E-state index contributed by atoms with van der Waals surface area (Å²) in [6.45, 7) is 5.06. The Morgan fingerprint density at radius 3 is 2.53 bits per heavy atom. The average Bonchev–Trinajstić information content (AvgIpc) is 2.24. The minimum atomic E-state index is -0.500. The molecule has 0 atom stereocenters. The van der Waals surface area contributed by atoms with E-state index in [0.29, 0.717) is 13.1 Å². The number of hydrogen-bond donors (Lipinski definition) is 1. The van der Waals surface area contributed by atoms with Crippen molar-refractivity contribution in [2.45, 2.75) is 20.4 Å². The first-order valence-corrected chi connectivity index (χ1v) is 5.19. The van der Waals surface area contributed by atoms with Gasteiger partial charge in [-0.1, -0.05) is 0 Å². The van der Waals surface area contributed by atoms with Crippen LogP contribution in [0.3, 0.4) is 0 Å². The highest BCUT2D eigenvalue weighted by atomic mass is 35.5. The van der Waals surface area contributed by atoms with Crippen LogP contribution in [0.15, 0.2) is 17.1 Å². The Labute approximate surface area is 106 Å². The molecule has 1 heterocycles. The van der Waals surface area contributed by atoms with E-state index in [1.54, 1.807) is 4.90 Å². The van der Waals surface area contributed by atoms with E-state index in [0.717, 1.165) is 0 Å². The van der Waals surface area contributed by atoms with E-state index in [1.807, 2.05) is 13.8 Å². The lowest BCUT2D eigenvalue weighted by Gasteiger charge is -2.18. The molecule has 6 nitrogen and oxygen atoms in total. The lowest BCUT2D eigenvalue weighted by atomic mass is 10.4. The van der Waals surface area contributed by atoms with Crippen LogP contribution in [0.2, 0.25) is 0 Å². The number of nitrogen functional groups attached to an aromatic ring is 1. The van der Waals surface area contributed by atoms with E-state index in [-0.39, 0.29) is 30.7 Å². The summed E-state index contributed by atoms with van der Waals surface area (Å²) in [6.07, 6.45) is 1.48. The lowest BCUT2D eigenvalue weighted by molar-refractivity contribution is -0.131. The summed E-state index contributed by atoms with van der Waals surface area (Å²) in [5, 5.41) is 0. The molecule has 0 aromatic carbocycles. The third-order valence-corrected chi connectivity index (χ3v) is 2.32. The smallest absolute Gasteiger partial charge is 0.349 e. The number of carbonyl (C=O) groups excluding carboxylic acids is 1. The molecule has 0 fully saturated rings. The summed E-state index contributed by atoms with van der Waals surface area (Å²) in [6, 6.07) is 1.50. The van der Waals surface area contributed by atoms with Gasteiger partial charge in [-0.25, -0.2) is 4.79 Å². The van der Waals surface area contributed by atoms with Crippen molar-refractivity contribution < 1.29 is 4.79 Å². The molecule has 0 unspecified atom stereocenters. The molecule has 1 amide bonds. The van der Waals surface area contributed by atoms with E-state index < -0.39 is 5.69 Å². The lowest BCUT2D eigenvalue weighted by Crippen LogP contribution is -2.36. The molecule has 0 saturated carbocycles. The van der Waals surface area contributed by atoms with Crippen molar-refractivity contribution in [3.8, 4) is 0 Å². The van der Waals surface area contributed by atoms with Crippen LogP contribution < -0.4 is 11.4 Å². The number of rotatable bonds is 4. The normalized spacial score (nSPS) is 9.53. The summed E-state index contributed by atoms with van der Waals surface area (Å²) in [4.78, 5) is 28.3. The molecule has 0 aliphatic rings. The summed E-state index contributed by atoms with van der Waals surface area (Å²) in [7, 11) is 0. The summed E-state index contributed by atoms with van der Waals surface area (Å²) >= 11 is 0. The van der Waals surface area contributed by atoms with Crippen LogP contribution >= 0.6 is 12.4 Å². The van der Waals surface area contributed by atoms with Gasteiger partial charge in [-0.05, 0) is 19.9 Å². The van der Waals surface area contributed by atoms with E-state index in [9.17, 15) is 9.59 Å². The molecule has 0 radical (unpaired) electrons. The van der Waals surface area contributed by atoms with Gasteiger partial charge in [0.2, 0.25) is 5.91 Å². The number of likely N-dealkylation sites (N-methyl/N-ethyl adjacent to an activating group) is 1. The molecule has 0 aliphatic carbocycles. The molecule has 2 N–H and O–H groups in total. The van der Waals surface area contributed by atoms with Gasteiger partial charge in [0.1, 0.15) is 12.4 Å². The Hall–Kier alpha value is -1.56. The maximum atomic E-state index is 11.7. The Bertz CT molecular complexity index is 429. The second-order valence-corrected chi connectivity index (χ2v) is 3.33. The predicted molar refractivity (Wildman–Crippen MR) is 68.1 cm³/mol. The quantitative estimate of drug-likeness (QED) is 0.834. The first-order chi connectivity index (χ1) is 7.58. The van der Waals surface area contributed by atoms with Gasteiger partial charge in [-0.3, -0.25) is 9.36 Å². The maximum Gasteiger partial charge on any atom is 0.349 e. The highest BCUT2D eigenvalue weighted by Gasteiger charge is 2.10. The number of anilines is 1. The first-order valence-electron chi connectivity index (χ1n) is 5.19. The van der Waals surface area contributed by atoms with Gasteiger partial charge in [0, 0.05) is 19.3 Å². The van der Waals surface area contributed by atoms with Crippen LogP contribution in [-0.4, -0.2) is 33.4 Å². The largest absolute Gasteiger partial charge is 0.383 e. The molecule has 0 spiro atoms. The number of nitrogens with zero attached hydrogens (tertiary/aromatic N) is 3. The fraction of sp³-hybridized carbons (Fsp3) is 0.500. The van der Waals surface area contributed by atoms with Crippen molar-refractivity contribution in [2.24, 2.45) is 0 Å². The standard InChI is InChI=1S/C10H16N4O2.ClH/c1-3-13(4-2)9(15)7-14-6-5-8(11)12-10(14)16;/h5-6H,3-4,7H2,1-2H3,(H2,11,12,16);1H. The molecule has 7 heteroatoms. The van der Waals surface area contributed by atoms with Crippen molar-refractivity contribution >= 4 is 24.1 Å². The van der Waals surface area contributed by atoms with Crippen LogP contribution in [0.25, 0.3) is 0 Å². The maximum absolute atomic E-state index is 11.7. The number of halogens is 1. The molecule has 17 heavy (non-hydrogen) atoms. The van der Waals surface area contributed by atoms with Crippen LogP contribution in [0.4, 0.5) is 5.82 Å². The highest BCUT2D eigenvalue weighted by molar-refractivity contribution is 5.85. The highest BCUT2D eigenvalue weighted by Crippen LogP contribution is 1.94. The summed E-state index contributed by atoms with van der Waals surface area (Å²) in [5.41, 5.74) is 4.85. The fourth-order valence-corrected chi connectivity index (χ4v) is 1.38. The zero-order valence-corrected chi connectivity index (χ0v) is 10.7. The number of nitrogens with two attached hydrogens (primary N) is 1. The van der Waals surface area contributed by atoms with Gasteiger partial charge in [0.05, 0.1) is 0 Å². The number of aromatic nitrogens is 2. The van der Waals surface area contributed by atoms with E-state index in [2.05, 4.69) is 4.98 Å². The fourth-order valence-electron chi connectivity index (χ4n) is 1.38. The summed E-state index contributed by atoms with van der Waals surface area (Å²) < 4.78 is 1.25. The molecular weight excluding hydrogens is 244 g/mol. The number of hydrogen-bond acceptors (Lipinski definition) is 4. The van der Waals surface area contributed by atoms with Crippen molar-refractivity contribution in [3.05, 3.63) is 22.7 Å². The van der Waals surface area contributed by atoms with Crippen LogP contribution in [-0.2, 0) is 11.3 Å². The molecule has 1 aromatic heterocycles. The molecule has 1 rings (SSSR count). The van der Waals surface area contributed by atoms with Gasteiger partial charge in [-0.15, -0.1) is 12.4 Å². The first kappa shape index (κ1) is 15.4. The molecule has 1 aromatic rings. The minimum absolute atomic E-state index is 0. The topological polar surface area (TPSA) is 81.2 Å². The predicted octanol–water partition coefficient (Wildman–Crippen LogP) is 0.116. The van der Waals surface area contributed by atoms with E-state index in [1.165, 1.54) is 16.8 Å². The SMILES string of the molecule is CCN(CC)C(=O)Cn1ccc(N)nc1=O.Cl. The third-order valence-electron chi connectivity index (χ3n) is 2.32. The van der Waals surface area contributed by atoms with Crippen LogP contribution in [0.5, 0.6) is 0 Å². The molecule has 96 valence electrons. The van der Waals surface area contributed by atoms with E-state index >= 15 is 0 Å². The van der Waals surface area contributed by atoms with Gasteiger partial charge < -0.3 is 10.6 Å². The van der Waals surface area contributed by atoms with Gasteiger partial charge >= 0.3 is 5.69 Å². The zero-order valence-electron chi connectivity index (χ0n) is 9.92. The molecular formula is C10H17ClN4O2. The molecule has 0 bridgehead atoms. The number of carbonyl (C=O) groups is 1. The zero-order chi connectivity index (χ0) is 12.1. The van der Waals surface area contributed by atoms with E-state index in [4.69, 9.17) is 5.73 Å². The number of amides is 1. The summed E-state index contributed by atoms with van der Waals surface area (Å²) in [5.74, 6) is 0.0650. The Morgan fingerprint density at radius 1 is 1.47 bits per heavy atom. The van der Waals surface area contributed by atoms with Crippen LogP contribution in [0, 0.1) is 0 Å². The van der Waals surface area contributed by atoms with Crippen molar-refractivity contribution in [1.29, 1.82) is 0 Å². The molecule has 0 aliphatic heterocycles. The minimum Gasteiger partial charge on any atom is -0.383 e. The van der Waals surface area contributed by atoms with Crippen molar-refractivity contribution in [3.63, 3.8) is 0 Å². The van der Waals surface area contributed by atoms with Gasteiger partial charge in [-0.2, -0.15) is 4.98 Å². The van der Waals surface area contributed by atoms with Crippen molar-refractivity contribution in [2.75, 3.05) is 18.8 Å². The monoisotopic (exact) mass is 260 g/mol. The Balaban J connectivity index is 0.00000256. The average molecular weight is 261 g/mol. The van der Waals surface area contributed by atoms with Crippen molar-refractivity contribution in [1.82, 2.24) is 14.5 Å². The van der Waals surface area contributed by atoms with Gasteiger partial charge in [0.15, 0.2) is 0 Å². The second-order valence-electron chi connectivity index (χ2n) is 3.33. The van der Waals surface area contributed by atoms with Gasteiger partial charge in [0.25, 0.3) is 0 Å². The molecule has 0 saturated heterocycles. The van der Waals surface area contributed by atoms with Crippen LogP contribution in [0.1, 0.15) is 13.8 Å². The second kappa shape index (κ2) is 6.90. The Kier molecular flexibility index (Phi) is 6.27. The third kappa shape index (κ3) is 4.07. The Morgan fingerprint density at radius 2 is 2.06 bits per heavy atom.